The van der Waals surface area contributed by atoms with Crippen molar-refractivity contribution in [3.8, 4) is 0 Å². The van der Waals surface area contributed by atoms with Gasteiger partial charge in [0.1, 0.15) is 0 Å². The van der Waals surface area contributed by atoms with Gasteiger partial charge in [0, 0.05) is 9.75 Å². The third-order valence-electron chi connectivity index (χ3n) is 2.13. The number of aliphatic hydroxyl groups is 1. The van der Waals surface area contributed by atoms with Crippen LogP contribution in [0, 0.1) is 0 Å². The summed E-state index contributed by atoms with van der Waals surface area (Å²) in [7, 11) is 0. The first-order chi connectivity index (χ1) is 6.45. The molecule has 1 rings (SSSR count). The van der Waals surface area contributed by atoms with Crippen LogP contribution in [0.3, 0.4) is 0 Å². The van der Waals surface area contributed by atoms with E-state index < -0.39 is 0 Å². The lowest BCUT2D eigenvalue weighted by atomic mass is 9.95. The first-order valence-corrected chi connectivity index (χ1v) is 5.75. The van der Waals surface area contributed by atoms with E-state index in [1.807, 2.05) is 6.07 Å². The highest BCUT2D eigenvalue weighted by Crippen LogP contribution is 2.32. The van der Waals surface area contributed by atoms with Gasteiger partial charge in [0.15, 0.2) is 0 Å². The predicted octanol–water partition coefficient (Wildman–Crippen LogP) is 2.43. The van der Waals surface area contributed by atoms with Gasteiger partial charge in [0.25, 0.3) is 0 Å². The van der Waals surface area contributed by atoms with Crippen LogP contribution in [0.1, 0.15) is 43.1 Å². The highest BCUT2D eigenvalue weighted by Gasteiger charge is 2.18. The Morgan fingerprint density at radius 2 is 2.07 bits per heavy atom. The second kappa shape index (κ2) is 4.43. The molecule has 80 valence electrons. The molecule has 1 heterocycles. The fourth-order valence-electron chi connectivity index (χ4n) is 1.24. The van der Waals surface area contributed by atoms with Gasteiger partial charge in [-0.05, 0) is 30.5 Å². The summed E-state index contributed by atoms with van der Waals surface area (Å²) in [4.78, 5) is 2.34. The lowest BCUT2D eigenvalue weighted by Gasteiger charge is -2.15. The van der Waals surface area contributed by atoms with Gasteiger partial charge in [0.2, 0.25) is 0 Å². The zero-order chi connectivity index (χ0) is 10.8. The van der Waals surface area contributed by atoms with Crippen molar-refractivity contribution < 1.29 is 5.11 Å². The maximum atomic E-state index is 9.73. The number of aliphatic hydroxyl groups excluding tert-OH is 1. The maximum Gasteiger partial charge on any atom is 0.0894 e. The zero-order valence-corrected chi connectivity index (χ0v) is 9.90. The van der Waals surface area contributed by atoms with Gasteiger partial charge in [-0.15, -0.1) is 11.3 Å². The van der Waals surface area contributed by atoms with Crippen LogP contribution < -0.4 is 5.73 Å². The standard InChI is InChI=1S/C11H19NOS/c1-11(2,3)10-5-4-9(14-10)8(13)6-7-12/h4-5,8,13H,6-7,12H2,1-3H3. The minimum Gasteiger partial charge on any atom is -0.388 e. The van der Waals surface area contributed by atoms with E-state index in [2.05, 4.69) is 26.8 Å². The Kier molecular flexibility index (Phi) is 3.70. The molecule has 0 aliphatic rings. The van der Waals surface area contributed by atoms with Gasteiger partial charge in [-0.1, -0.05) is 20.8 Å². The summed E-state index contributed by atoms with van der Waals surface area (Å²) in [6.45, 7) is 7.07. The molecule has 0 aliphatic carbocycles. The van der Waals surface area contributed by atoms with Gasteiger partial charge in [-0.25, -0.2) is 0 Å². The molecule has 0 radical (unpaired) electrons. The van der Waals surface area contributed by atoms with Gasteiger partial charge in [0.05, 0.1) is 6.10 Å². The van der Waals surface area contributed by atoms with Crippen LogP contribution in [0.4, 0.5) is 0 Å². The van der Waals surface area contributed by atoms with E-state index in [0.717, 1.165) is 4.88 Å². The Morgan fingerprint density at radius 1 is 1.43 bits per heavy atom. The van der Waals surface area contributed by atoms with Gasteiger partial charge < -0.3 is 10.8 Å². The number of hydrogen-bond donors (Lipinski definition) is 2. The maximum absolute atomic E-state index is 9.73. The molecule has 1 aromatic rings. The van der Waals surface area contributed by atoms with Crippen LogP contribution in [0.2, 0.25) is 0 Å². The number of hydrogen-bond acceptors (Lipinski definition) is 3. The third kappa shape index (κ3) is 2.80. The molecule has 1 aromatic heterocycles. The van der Waals surface area contributed by atoms with Crippen molar-refractivity contribution in [2.24, 2.45) is 5.73 Å². The van der Waals surface area contributed by atoms with Crippen molar-refractivity contribution in [3.05, 3.63) is 21.9 Å². The van der Waals surface area contributed by atoms with E-state index in [-0.39, 0.29) is 11.5 Å². The van der Waals surface area contributed by atoms with Crippen LogP contribution >= 0.6 is 11.3 Å². The summed E-state index contributed by atoms with van der Waals surface area (Å²) in [5.41, 5.74) is 5.58. The van der Waals surface area contributed by atoms with Crippen LogP contribution in [0.25, 0.3) is 0 Å². The highest BCUT2D eigenvalue weighted by atomic mass is 32.1. The second-order valence-electron chi connectivity index (χ2n) is 4.55. The van der Waals surface area contributed by atoms with Crippen LogP contribution in [0.5, 0.6) is 0 Å². The van der Waals surface area contributed by atoms with Crippen molar-refractivity contribution in [2.75, 3.05) is 6.54 Å². The normalized spacial score (nSPS) is 14.4. The summed E-state index contributed by atoms with van der Waals surface area (Å²) in [6.07, 6.45) is 0.255. The molecule has 1 unspecified atom stereocenters. The van der Waals surface area contributed by atoms with Crippen molar-refractivity contribution in [2.45, 2.75) is 38.7 Å². The second-order valence-corrected chi connectivity index (χ2v) is 5.66. The topological polar surface area (TPSA) is 46.2 Å². The van der Waals surface area contributed by atoms with E-state index >= 15 is 0 Å². The first-order valence-electron chi connectivity index (χ1n) is 4.93. The van der Waals surface area contributed by atoms with Gasteiger partial charge >= 0.3 is 0 Å². The molecule has 3 heteroatoms. The van der Waals surface area contributed by atoms with Gasteiger partial charge in [-0.3, -0.25) is 0 Å². The summed E-state index contributed by atoms with van der Waals surface area (Å²) >= 11 is 1.68. The van der Waals surface area contributed by atoms with Crippen LogP contribution in [-0.4, -0.2) is 11.7 Å². The molecule has 2 nitrogen and oxygen atoms in total. The molecule has 0 spiro atoms. The molecule has 0 amide bonds. The first kappa shape index (κ1) is 11.7. The van der Waals surface area contributed by atoms with E-state index in [4.69, 9.17) is 5.73 Å². The molecule has 3 N–H and O–H groups in total. The summed E-state index contributed by atoms with van der Waals surface area (Å²) in [5, 5.41) is 9.73. The molecular formula is C11H19NOS. The number of thiophene rings is 1. The fourth-order valence-corrected chi connectivity index (χ4v) is 2.32. The molecule has 0 bridgehead atoms. The Hall–Kier alpha value is -0.380. The van der Waals surface area contributed by atoms with Crippen LogP contribution in [0.15, 0.2) is 12.1 Å². The van der Waals surface area contributed by atoms with E-state index in [1.54, 1.807) is 11.3 Å². The van der Waals surface area contributed by atoms with E-state index in [0.29, 0.717) is 13.0 Å². The summed E-state index contributed by atoms with van der Waals surface area (Å²) in [6, 6.07) is 4.10. The third-order valence-corrected chi connectivity index (χ3v) is 3.75. The van der Waals surface area contributed by atoms with Crippen molar-refractivity contribution in [1.82, 2.24) is 0 Å². The molecule has 0 saturated carbocycles. The summed E-state index contributed by atoms with van der Waals surface area (Å²) < 4.78 is 0. The largest absolute Gasteiger partial charge is 0.388 e. The molecular weight excluding hydrogens is 194 g/mol. The molecule has 0 aromatic carbocycles. The summed E-state index contributed by atoms with van der Waals surface area (Å²) in [5.74, 6) is 0. The highest BCUT2D eigenvalue weighted by molar-refractivity contribution is 7.12. The average Bonchev–Trinajstić information content (AvgIpc) is 2.51. The molecule has 1 atom stereocenters. The minimum atomic E-state index is -0.388. The van der Waals surface area contributed by atoms with E-state index in [1.165, 1.54) is 4.88 Å². The molecule has 14 heavy (non-hydrogen) atoms. The number of nitrogens with two attached hydrogens (primary N) is 1. The average molecular weight is 213 g/mol. The predicted molar refractivity (Wildman–Crippen MR) is 61.7 cm³/mol. The van der Waals surface area contributed by atoms with E-state index in [9.17, 15) is 5.11 Å². The number of rotatable bonds is 3. The van der Waals surface area contributed by atoms with Crippen molar-refractivity contribution in [3.63, 3.8) is 0 Å². The Balaban J connectivity index is 2.78. The molecule has 0 saturated heterocycles. The van der Waals surface area contributed by atoms with Crippen molar-refractivity contribution >= 4 is 11.3 Å². The molecule has 0 fully saturated rings. The smallest absolute Gasteiger partial charge is 0.0894 e. The zero-order valence-electron chi connectivity index (χ0n) is 9.08. The minimum absolute atomic E-state index is 0.172. The lowest BCUT2D eigenvalue weighted by molar-refractivity contribution is 0.174. The lowest BCUT2D eigenvalue weighted by Crippen LogP contribution is -2.08. The molecule has 0 aliphatic heterocycles. The SMILES string of the molecule is CC(C)(C)c1ccc(C(O)CCN)s1. The fraction of sp³-hybridized carbons (Fsp3) is 0.636. The van der Waals surface area contributed by atoms with Crippen molar-refractivity contribution in [1.29, 1.82) is 0 Å². The van der Waals surface area contributed by atoms with Crippen LogP contribution in [-0.2, 0) is 5.41 Å². The van der Waals surface area contributed by atoms with Gasteiger partial charge in [-0.2, -0.15) is 0 Å². The Morgan fingerprint density at radius 3 is 2.50 bits per heavy atom. The quantitative estimate of drug-likeness (QED) is 0.810. The monoisotopic (exact) mass is 213 g/mol. The Labute approximate surface area is 89.8 Å². The Bertz CT molecular complexity index is 288.